The van der Waals surface area contributed by atoms with E-state index in [1.54, 1.807) is 26.2 Å². The fourth-order valence-corrected chi connectivity index (χ4v) is 1.51. The van der Waals surface area contributed by atoms with Gasteiger partial charge in [0.25, 0.3) is 0 Å². The second kappa shape index (κ2) is 4.87. The second-order valence-electron chi connectivity index (χ2n) is 3.86. The number of rotatable bonds is 3. The molecule has 8 heteroatoms. The van der Waals surface area contributed by atoms with Crippen LogP contribution in [0, 0.1) is 0 Å². The van der Waals surface area contributed by atoms with E-state index < -0.39 is 11.9 Å². The van der Waals surface area contributed by atoms with Gasteiger partial charge in [-0.1, -0.05) is 0 Å². The lowest BCUT2D eigenvalue weighted by molar-refractivity contribution is -0.141. The molecule has 19 heavy (non-hydrogen) atoms. The Kier molecular flexibility index (Phi) is 3.41. The molecular formula is C11H12F3N5. The van der Waals surface area contributed by atoms with Gasteiger partial charge in [0.1, 0.15) is 5.69 Å². The third-order valence-corrected chi connectivity index (χ3v) is 2.33. The molecule has 2 rings (SSSR count). The summed E-state index contributed by atoms with van der Waals surface area (Å²) < 4.78 is 39.8. The van der Waals surface area contributed by atoms with Crippen molar-refractivity contribution in [2.45, 2.75) is 13.1 Å². The molecule has 0 aliphatic carbocycles. The first-order chi connectivity index (χ1) is 8.90. The zero-order valence-corrected chi connectivity index (χ0v) is 10.4. The van der Waals surface area contributed by atoms with Gasteiger partial charge < -0.3 is 5.32 Å². The van der Waals surface area contributed by atoms with Gasteiger partial charge in [-0.3, -0.25) is 4.68 Å². The van der Waals surface area contributed by atoms with Crippen LogP contribution >= 0.6 is 0 Å². The lowest BCUT2D eigenvalue weighted by Gasteiger charge is -2.09. The number of aryl methyl sites for hydroxylation is 1. The van der Waals surface area contributed by atoms with Crippen LogP contribution in [0.3, 0.4) is 0 Å². The van der Waals surface area contributed by atoms with Crippen LogP contribution < -0.4 is 5.32 Å². The van der Waals surface area contributed by atoms with Gasteiger partial charge in [0.2, 0.25) is 5.95 Å². The molecule has 0 amide bonds. The Balaban J connectivity index is 2.51. The number of hydrogen-bond acceptors (Lipinski definition) is 4. The lowest BCUT2D eigenvalue weighted by atomic mass is 10.2. The highest BCUT2D eigenvalue weighted by atomic mass is 19.4. The van der Waals surface area contributed by atoms with Crippen molar-refractivity contribution in [3.05, 3.63) is 24.0 Å². The van der Waals surface area contributed by atoms with E-state index >= 15 is 0 Å². The van der Waals surface area contributed by atoms with E-state index in [4.69, 9.17) is 0 Å². The number of halogens is 3. The predicted octanol–water partition coefficient (Wildman–Crippen LogP) is 2.33. The summed E-state index contributed by atoms with van der Waals surface area (Å²) in [6.07, 6.45) is -2.88. The minimum Gasteiger partial charge on any atom is -0.354 e. The minimum atomic E-state index is -4.52. The third kappa shape index (κ3) is 3.01. The van der Waals surface area contributed by atoms with Crippen LogP contribution in [0.2, 0.25) is 0 Å². The first-order valence-corrected chi connectivity index (χ1v) is 5.60. The Morgan fingerprint density at radius 1 is 1.26 bits per heavy atom. The van der Waals surface area contributed by atoms with Gasteiger partial charge >= 0.3 is 6.18 Å². The van der Waals surface area contributed by atoms with E-state index in [1.165, 1.54) is 4.68 Å². The van der Waals surface area contributed by atoms with Gasteiger partial charge in [0, 0.05) is 19.8 Å². The fraction of sp³-hybridized carbons (Fsp3) is 0.364. The molecule has 0 bridgehead atoms. The van der Waals surface area contributed by atoms with E-state index in [-0.39, 0.29) is 11.6 Å². The molecule has 0 saturated carbocycles. The molecule has 0 unspecified atom stereocenters. The molecule has 0 aromatic carbocycles. The molecule has 0 saturated heterocycles. The Labute approximate surface area is 107 Å². The van der Waals surface area contributed by atoms with Crippen molar-refractivity contribution in [2.75, 3.05) is 11.9 Å². The molecule has 0 spiro atoms. The quantitative estimate of drug-likeness (QED) is 0.930. The maximum Gasteiger partial charge on any atom is 0.433 e. The van der Waals surface area contributed by atoms with Crippen molar-refractivity contribution >= 4 is 5.95 Å². The van der Waals surface area contributed by atoms with E-state index in [0.717, 1.165) is 6.07 Å². The summed E-state index contributed by atoms with van der Waals surface area (Å²) in [4.78, 5) is 7.47. The smallest absolute Gasteiger partial charge is 0.354 e. The summed E-state index contributed by atoms with van der Waals surface area (Å²) in [7, 11) is 1.68. The molecule has 2 aromatic rings. The molecule has 0 fully saturated rings. The Morgan fingerprint density at radius 3 is 2.53 bits per heavy atom. The summed E-state index contributed by atoms with van der Waals surface area (Å²) >= 11 is 0. The van der Waals surface area contributed by atoms with E-state index in [0.29, 0.717) is 12.2 Å². The highest BCUT2D eigenvalue weighted by molar-refractivity contribution is 5.56. The largest absolute Gasteiger partial charge is 0.433 e. The molecule has 2 heterocycles. The molecule has 5 nitrogen and oxygen atoms in total. The van der Waals surface area contributed by atoms with Crippen molar-refractivity contribution in [1.82, 2.24) is 19.7 Å². The van der Waals surface area contributed by atoms with Crippen LogP contribution in [-0.4, -0.2) is 26.3 Å². The second-order valence-corrected chi connectivity index (χ2v) is 3.86. The molecule has 102 valence electrons. The number of nitrogens with one attached hydrogen (secondary N) is 1. The Hall–Kier alpha value is -2.12. The van der Waals surface area contributed by atoms with Crippen molar-refractivity contribution in [1.29, 1.82) is 0 Å². The first kappa shape index (κ1) is 13.3. The molecule has 2 aromatic heterocycles. The number of anilines is 1. The Morgan fingerprint density at radius 2 is 2.00 bits per heavy atom. The molecule has 1 N–H and O–H groups in total. The van der Waals surface area contributed by atoms with Gasteiger partial charge in [-0.05, 0) is 19.1 Å². The lowest BCUT2D eigenvalue weighted by Crippen LogP contribution is -2.12. The molecule has 0 aliphatic heterocycles. The zero-order valence-electron chi connectivity index (χ0n) is 10.4. The summed E-state index contributed by atoms with van der Waals surface area (Å²) in [5.41, 5.74) is -0.479. The van der Waals surface area contributed by atoms with Crippen molar-refractivity contribution in [3.8, 4) is 11.4 Å². The van der Waals surface area contributed by atoms with Crippen LogP contribution in [0.1, 0.15) is 12.6 Å². The van der Waals surface area contributed by atoms with Gasteiger partial charge in [-0.2, -0.15) is 18.3 Å². The minimum absolute atomic E-state index is 0.0574. The third-order valence-electron chi connectivity index (χ3n) is 2.33. The summed E-state index contributed by atoms with van der Waals surface area (Å²) in [5.74, 6) is -0.0574. The summed E-state index contributed by atoms with van der Waals surface area (Å²) in [6.45, 7) is 2.19. The van der Waals surface area contributed by atoms with E-state index in [2.05, 4.69) is 20.4 Å². The van der Waals surface area contributed by atoms with Crippen LogP contribution in [0.4, 0.5) is 19.1 Å². The van der Waals surface area contributed by atoms with Gasteiger partial charge in [0.15, 0.2) is 5.69 Å². The van der Waals surface area contributed by atoms with Gasteiger partial charge in [0.05, 0.1) is 5.69 Å². The highest BCUT2D eigenvalue weighted by Gasteiger charge is 2.34. The standard InChI is InChI=1S/C11H12F3N5/c1-3-15-10-16-8(7-4-5-19(2)18-7)6-9(17-10)11(12,13)14/h4-6H,3H2,1-2H3,(H,15,16,17). The number of aromatic nitrogens is 4. The maximum atomic E-state index is 12.8. The molecular weight excluding hydrogens is 259 g/mol. The predicted molar refractivity (Wildman–Crippen MR) is 63.4 cm³/mol. The first-order valence-electron chi connectivity index (χ1n) is 5.60. The topological polar surface area (TPSA) is 55.6 Å². The Bertz CT molecular complexity index is 576. The average Bonchev–Trinajstić information content (AvgIpc) is 2.75. The summed E-state index contributed by atoms with van der Waals surface area (Å²) in [6, 6.07) is 2.49. The zero-order chi connectivity index (χ0) is 14.0. The van der Waals surface area contributed by atoms with Crippen molar-refractivity contribution in [3.63, 3.8) is 0 Å². The number of nitrogens with zero attached hydrogens (tertiary/aromatic N) is 4. The fourth-order valence-electron chi connectivity index (χ4n) is 1.51. The monoisotopic (exact) mass is 271 g/mol. The average molecular weight is 271 g/mol. The van der Waals surface area contributed by atoms with Crippen molar-refractivity contribution in [2.24, 2.45) is 7.05 Å². The van der Waals surface area contributed by atoms with Crippen LogP contribution in [0.25, 0.3) is 11.4 Å². The highest BCUT2D eigenvalue weighted by Crippen LogP contribution is 2.30. The van der Waals surface area contributed by atoms with Crippen LogP contribution in [-0.2, 0) is 13.2 Å². The van der Waals surface area contributed by atoms with Gasteiger partial charge in [-0.25, -0.2) is 9.97 Å². The van der Waals surface area contributed by atoms with E-state index in [9.17, 15) is 13.2 Å². The van der Waals surface area contributed by atoms with Gasteiger partial charge in [-0.15, -0.1) is 0 Å². The van der Waals surface area contributed by atoms with Crippen molar-refractivity contribution < 1.29 is 13.2 Å². The summed E-state index contributed by atoms with van der Waals surface area (Å²) in [5, 5.41) is 6.72. The number of hydrogen-bond donors (Lipinski definition) is 1. The maximum absolute atomic E-state index is 12.8. The molecule has 0 atom stereocenters. The van der Waals surface area contributed by atoms with Crippen LogP contribution in [0.15, 0.2) is 18.3 Å². The molecule has 0 radical (unpaired) electrons. The van der Waals surface area contributed by atoms with E-state index in [1.807, 2.05) is 0 Å². The number of alkyl halides is 3. The normalized spacial score (nSPS) is 11.6. The SMILES string of the molecule is CCNc1nc(-c2ccn(C)n2)cc(C(F)(F)F)n1. The van der Waals surface area contributed by atoms with Crippen LogP contribution in [0.5, 0.6) is 0 Å². The molecule has 0 aliphatic rings.